The summed E-state index contributed by atoms with van der Waals surface area (Å²) >= 11 is 0. The lowest BCUT2D eigenvalue weighted by atomic mass is 9.81. The van der Waals surface area contributed by atoms with Crippen LogP contribution in [0.25, 0.3) is 11.0 Å². The summed E-state index contributed by atoms with van der Waals surface area (Å²) in [6, 6.07) is 5.57. The second kappa shape index (κ2) is 6.29. The molecule has 4 heteroatoms. The molecule has 1 aromatic carbocycles. The van der Waals surface area contributed by atoms with Crippen molar-refractivity contribution in [2.24, 2.45) is 11.8 Å². The van der Waals surface area contributed by atoms with Gasteiger partial charge in [0.1, 0.15) is 0 Å². The molecule has 0 atom stereocenters. The minimum atomic E-state index is 0.00989. The molecule has 112 valence electrons. The SMILES string of the molecule is CC1CCC(CCNC(=O)c2ccc3nc[nH]c3c2)CC1. The molecule has 1 aliphatic rings. The van der Waals surface area contributed by atoms with Gasteiger partial charge in [0.15, 0.2) is 0 Å². The van der Waals surface area contributed by atoms with Crippen molar-refractivity contribution in [2.45, 2.75) is 39.0 Å². The first-order valence-electron chi connectivity index (χ1n) is 7.93. The maximum Gasteiger partial charge on any atom is 0.251 e. The second-order valence-corrected chi connectivity index (χ2v) is 6.30. The lowest BCUT2D eigenvalue weighted by molar-refractivity contribution is 0.0950. The van der Waals surface area contributed by atoms with Gasteiger partial charge in [0.05, 0.1) is 17.4 Å². The van der Waals surface area contributed by atoms with Crippen LogP contribution in [0, 0.1) is 11.8 Å². The van der Waals surface area contributed by atoms with E-state index in [9.17, 15) is 4.79 Å². The Morgan fingerprint density at radius 2 is 2.14 bits per heavy atom. The fraction of sp³-hybridized carbons (Fsp3) is 0.529. The van der Waals surface area contributed by atoms with Gasteiger partial charge in [-0.15, -0.1) is 0 Å². The third kappa shape index (κ3) is 3.43. The van der Waals surface area contributed by atoms with Crippen LogP contribution in [0.5, 0.6) is 0 Å². The lowest BCUT2D eigenvalue weighted by Gasteiger charge is -2.26. The molecule has 0 spiro atoms. The number of aromatic nitrogens is 2. The number of aromatic amines is 1. The summed E-state index contributed by atoms with van der Waals surface area (Å²) < 4.78 is 0. The number of imidazole rings is 1. The quantitative estimate of drug-likeness (QED) is 0.903. The molecule has 0 aliphatic heterocycles. The molecule has 3 rings (SSSR count). The van der Waals surface area contributed by atoms with Crippen molar-refractivity contribution in [1.29, 1.82) is 0 Å². The number of nitrogens with one attached hydrogen (secondary N) is 2. The molecule has 1 aromatic heterocycles. The first-order chi connectivity index (χ1) is 10.2. The van der Waals surface area contributed by atoms with Crippen LogP contribution in [-0.2, 0) is 0 Å². The van der Waals surface area contributed by atoms with E-state index in [4.69, 9.17) is 0 Å². The summed E-state index contributed by atoms with van der Waals surface area (Å²) in [6.45, 7) is 3.11. The number of fused-ring (bicyclic) bond motifs is 1. The van der Waals surface area contributed by atoms with Crippen molar-refractivity contribution in [3.8, 4) is 0 Å². The summed E-state index contributed by atoms with van der Waals surface area (Å²) in [6.07, 6.45) is 8.07. The van der Waals surface area contributed by atoms with Gasteiger partial charge < -0.3 is 10.3 Å². The Morgan fingerprint density at radius 3 is 2.95 bits per heavy atom. The number of rotatable bonds is 4. The molecule has 1 amide bonds. The van der Waals surface area contributed by atoms with Gasteiger partial charge in [0.2, 0.25) is 0 Å². The van der Waals surface area contributed by atoms with E-state index in [-0.39, 0.29) is 5.91 Å². The first-order valence-corrected chi connectivity index (χ1v) is 7.93. The Hall–Kier alpha value is -1.84. The van der Waals surface area contributed by atoms with Crippen LogP contribution < -0.4 is 5.32 Å². The molecule has 1 heterocycles. The molecule has 4 nitrogen and oxygen atoms in total. The van der Waals surface area contributed by atoms with E-state index < -0.39 is 0 Å². The Balaban J connectivity index is 1.49. The van der Waals surface area contributed by atoms with Gasteiger partial charge in [0.25, 0.3) is 5.91 Å². The highest BCUT2D eigenvalue weighted by molar-refractivity contribution is 5.97. The minimum absolute atomic E-state index is 0.00989. The Bertz CT molecular complexity index is 611. The fourth-order valence-corrected chi connectivity index (χ4v) is 3.19. The van der Waals surface area contributed by atoms with Crippen molar-refractivity contribution < 1.29 is 4.79 Å². The van der Waals surface area contributed by atoms with E-state index in [0.29, 0.717) is 5.56 Å². The molecule has 21 heavy (non-hydrogen) atoms. The highest BCUT2D eigenvalue weighted by atomic mass is 16.1. The van der Waals surface area contributed by atoms with Crippen molar-refractivity contribution in [2.75, 3.05) is 6.54 Å². The third-order valence-electron chi connectivity index (χ3n) is 4.66. The largest absolute Gasteiger partial charge is 0.352 e. The number of carbonyl (C=O) groups is 1. The van der Waals surface area contributed by atoms with E-state index in [1.165, 1.54) is 25.7 Å². The van der Waals surface area contributed by atoms with Crippen LogP contribution in [-0.4, -0.2) is 22.4 Å². The maximum atomic E-state index is 12.2. The van der Waals surface area contributed by atoms with Gasteiger partial charge in [-0.05, 0) is 36.5 Å². The molecule has 1 fully saturated rings. The molecule has 0 saturated heterocycles. The first kappa shape index (κ1) is 14.1. The Morgan fingerprint density at radius 1 is 1.33 bits per heavy atom. The van der Waals surface area contributed by atoms with Crippen LogP contribution >= 0.6 is 0 Å². The van der Waals surface area contributed by atoms with Crippen LogP contribution in [0.3, 0.4) is 0 Å². The van der Waals surface area contributed by atoms with Crippen molar-refractivity contribution in [3.05, 3.63) is 30.1 Å². The summed E-state index contributed by atoms with van der Waals surface area (Å²) in [7, 11) is 0. The Labute approximate surface area is 125 Å². The smallest absolute Gasteiger partial charge is 0.251 e. The molecule has 1 saturated carbocycles. The highest BCUT2D eigenvalue weighted by Gasteiger charge is 2.18. The predicted octanol–water partition coefficient (Wildman–Crippen LogP) is 3.51. The van der Waals surface area contributed by atoms with Crippen LogP contribution in [0.2, 0.25) is 0 Å². The molecule has 0 bridgehead atoms. The Kier molecular flexibility index (Phi) is 4.23. The second-order valence-electron chi connectivity index (χ2n) is 6.30. The van der Waals surface area contributed by atoms with E-state index in [0.717, 1.165) is 35.8 Å². The lowest BCUT2D eigenvalue weighted by Crippen LogP contribution is -2.26. The topological polar surface area (TPSA) is 57.8 Å². The molecule has 2 aromatic rings. The molecule has 0 unspecified atom stereocenters. The molecular formula is C17H23N3O. The third-order valence-corrected chi connectivity index (χ3v) is 4.66. The monoisotopic (exact) mass is 285 g/mol. The number of H-pyrrole nitrogens is 1. The summed E-state index contributed by atoms with van der Waals surface area (Å²) in [5.74, 6) is 1.68. The predicted molar refractivity (Wildman–Crippen MR) is 84.2 cm³/mol. The number of nitrogens with zero attached hydrogens (tertiary/aromatic N) is 1. The number of carbonyl (C=O) groups excluding carboxylic acids is 1. The van der Waals surface area contributed by atoms with Crippen LogP contribution in [0.1, 0.15) is 49.4 Å². The van der Waals surface area contributed by atoms with Crippen LogP contribution in [0.4, 0.5) is 0 Å². The standard InChI is InChI=1S/C17H23N3O/c1-12-2-4-13(5-3-12)8-9-18-17(21)14-6-7-15-16(10-14)20-11-19-15/h6-7,10-13H,2-5,8-9H2,1H3,(H,18,21)(H,19,20). The van der Waals surface area contributed by atoms with Crippen molar-refractivity contribution in [1.82, 2.24) is 15.3 Å². The summed E-state index contributed by atoms with van der Waals surface area (Å²) in [5, 5.41) is 3.04. The molecule has 1 aliphatic carbocycles. The molecular weight excluding hydrogens is 262 g/mol. The zero-order valence-electron chi connectivity index (χ0n) is 12.6. The number of hydrogen-bond acceptors (Lipinski definition) is 2. The van der Waals surface area contributed by atoms with E-state index >= 15 is 0 Å². The summed E-state index contributed by atoms with van der Waals surface area (Å²) in [4.78, 5) is 19.4. The summed E-state index contributed by atoms with van der Waals surface area (Å²) in [5.41, 5.74) is 2.50. The zero-order chi connectivity index (χ0) is 14.7. The van der Waals surface area contributed by atoms with E-state index in [2.05, 4.69) is 22.2 Å². The van der Waals surface area contributed by atoms with Crippen molar-refractivity contribution >= 4 is 16.9 Å². The van der Waals surface area contributed by atoms with Gasteiger partial charge >= 0.3 is 0 Å². The average Bonchev–Trinajstić information content (AvgIpc) is 2.96. The zero-order valence-corrected chi connectivity index (χ0v) is 12.6. The highest BCUT2D eigenvalue weighted by Crippen LogP contribution is 2.29. The van der Waals surface area contributed by atoms with Gasteiger partial charge in [-0.25, -0.2) is 4.98 Å². The maximum absolute atomic E-state index is 12.2. The van der Waals surface area contributed by atoms with Gasteiger partial charge in [-0.2, -0.15) is 0 Å². The number of hydrogen-bond donors (Lipinski definition) is 2. The van der Waals surface area contributed by atoms with Gasteiger partial charge in [-0.3, -0.25) is 4.79 Å². The fourth-order valence-electron chi connectivity index (χ4n) is 3.19. The van der Waals surface area contributed by atoms with Crippen molar-refractivity contribution in [3.63, 3.8) is 0 Å². The normalized spacial score (nSPS) is 22.3. The minimum Gasteiger partial charge on any atom is -0.352 e. The van der Waals surface area contributed by atoms with E-state index in [1.807, 2.05) is 18.2 Å². The van der Waals surface area contributed by atoms with Crippen LogP contribution in [0.15, 0.2) is 24.5 Å². The molecule has 0 radical (unpaired) electrons. The van der Waals surface area contributed by atoms with Gasteiger partial charge in [-0.1, -0.05) is 32.6 Å². The van der Waals surface area contributed by atoms with Gasteiger partial charge in [0, 0.05) is 12.1 Å². The number of benzene rings is 1. The number of amides is 1. The average molecular weight is 285 g/mol. The van der Waals surface area contributed by atoms with E-state index in [1.54, 1.807) is 6.33 Å². The molecule has 2 N–H and O–H groups in total.